The molecule has 2 aromatic rings. The third-order valence-corrected chi connectivity index (χ3v) is 4.10. The fourth-order valence-electron chi connectivity index (χ4n) is 2.12. The van der Waals surface area contributed by atoms with Crippen LogP contribution in [0.5, 0.6) is 5.75 Å². The molecule has 0 atom stereocenters. The van der Waals surface area contributed by atoms with Gasteiger partial charge in [0.1, 0.15) is 5.75 Å². The second-order valence-electron chi connectivity index (χ2n) is 5.12. The normalized spacial score (nSPS) is 10.3. The van der Waals surface area contributed by atoms with Crippen molar-refractivity contribution in [1.82, 2.24) is 0 Å². The Morgan fingerprint density at radius 1 is 1.17 bits per heavy atom. The van der Waals surface area contributed by atoms with Crippen LogP contribution in [0.15, 0.2) is 46.9 Å². The lowest BCUT2D eigenvalue weighted by Gasteiger charge is -2.11. The summed E-state index contributed by atoms with van der Waals surface area (Å²) in [5.74, 6) is 0.457. The Balaban J connectivity index is 1.74. The third-order valence-electron chi connectivity index (χ3n) is 3.36. The van der Waals surface area contributed by atoms with Gasteiger partial charge in [-0.3, -0.25) is 0 Å². The largest absolute Gasteiger partial charge is 0.494 e. The molecule has 0 bridgehead atoms. The molecule has 1 N–H and O–H groups in total. The van der Waals surface area contributed by atoms with Crippen molar-refractivity contribution >= 4 is 39.2 Å². The van der Waals surface area contributed by atoms with E-state index in [2.05, 4.69) is 21.2 Å². The van der Waals surface area contributed by atoms with Gasteiger partial charge >= 0.3 is 5.97 Å². The lowest BCUT2D eigenvalue weighted by Crippen LogP contribution is -2.10. The molecule has 0 unspecified atom stereocenters. The number of carbonyl (C=O) groups is 1. The highest BCUT2D eigenvalue weighted by molar-refractivity contribution is 9.10. The van der Waals surface area contributed by atoms with Crippen LogP contribution in [0.3, 0.4) is 0 Å². The van der Waals surface area contributed by atoms with Crippen LogP contribution >= 0.6 is 27.5 Å². The Morgan fingerprint density at radius 2 is 1.92 bits per heavy atom. The number of halogens is 2. The maximum atomic E-state index is 11.8. The van der Waals surface area contributed by atoms with Crippen LogP contribution < -0.4 is 10.1 Å². The molecule has 0 amide bonds. The molecule has 4 nitrogen and oxygen atoms in total. The van der Waals surface area contributed by atoms with Gasteiger partial charge in [-0.15, -0.1) is 0 Å². The second kappa shape index (κ2) is 9.55. The van der Waals surface area contributed by atoms with Crippen LogP contribution in [0.4, 0.5) is 5.69 Å². The van der Waals surface area contributed by atoms with Gasteiger partial charge in [0.2, 0.25) is 0 Å². The highest BCUT2D eigenvalue weighted by Crippen LogP contribution is 2.22. The number of hydrogen-bond donors (Lipinski definition) is 1. The fraction of sp³-hybridized carbons (Fsp3) is 0.278. The number of anilines is 1. The van der Waals surface area contributed by atoms with E-state index in [1.54, 1.807) is 18.2 Å². The zero-order chi connectivity index (χ0) is 17.4. The summed E-state index contributed by atoms with van der Waals surface area (Å²) in [6, 6.07) is 12.8. The number of benzene rings is 2. The van der Waals surface area contributed by atoms with Crippen molar-refractivity contribution < 1.29 is 14.3 Å². The summed E-state index contributed by atoms with van der Waals surface area (Å²) in [4.78, 5) is 11.8. The van der Waals surface area contributed by atoms with Crippen molar-refractivity contribution in [3.8, 4) is 5.75 Å². The molecule has 128 valence electrons. The standard InChI is InChI=1S/C18H19BrClNO3/c1-23-18(22)16-12-13(19)4-9-17(16)21-10-2-3-11-24-15-7-5-14(20)6-8-15/h4-9,12,21H,2-3,10-11H2,1H3. The minimum atomic E-state index is -0.357. The number of rotatable bonds is 8. The van der Waals surface area contributed by atoms with E-state index in [4.69, 9.17) is 21.1 Å². The molecule has 24 heavy (non-hydrogen) atoms. The molecule has 0 spiro atoms. The smallest absolute Gasteiger partial charge is 0.340 e. The van der Waals surface area contributed by atoms with E-state index in [-0.39, 0.29) is 5.97 Å². The first-order chi connectivity index (χ1) is 11.6. The predicted octanol–water partition coefficient (Wildman–Crippen LogP) is 5.16. The monoisotopic (exact) mass is 411 g/mol. The maximum absolute atomic E-state index is 11.8. The Kier molecular flexibility index (Phi) is 7.40. The van der Waals surface area contributed by atoms with Crippen LogP contribution in [0, 0.1) is 0 Å². The summed E-state index contributed by atoms with van der Waals surface area (Å²) < 4.78 is 11.3. The van der Waals surface area contributed by atoms with Crippen molar-refractivity contribution in [2.24, 2.45) is 0 Å². The molecule has 0 fully saturated rings. The first kappa shape index (κ1) is 18.6. The highest BCUT2D eigenvalue weighted by atomic mass is 79.9. The number of esters is 1. The van der Waals surface area contributed by atoms with Gasteiger partial charge in [0, 0.05) is 21.7 Å². The molecule has 0 aliphatic rings. The van der Waals surface area contributed by atoms with Crippen LogP contribution in [0.1, 0.15) is 23.2 Å². The SMILES string of the molecule is COC(=O)c1cc(Br)ccc1NCCCCOc1ccc(Cl)cc1. The molecule has 0 saturated carbocycles. The van der Waals surface area contributed by atoms with Crippen molar-refractivity contribution in [2.45, 2.75) is 12.8 Å². The number of nitrogens with one attached hydrogen (secondary N) is 1. The first-order valence-corrected chi connectivity index (χ1v) is 8.77. The second-order valence-corrected chi connectivity index (χ2v) is 6.47. The average Bonchev–Trinajstić information content (AvgIpc) is 2.59. The molecular formula is C18H19BrClNO3. The van der Waals surface area contributed by atoms with Gasteiger partial charge in [-0.05, 0) is 55.3 Å². The summed E-state index contributed by atoms with van der Waals surface area (Å²) in [5, 5.41) is 3.96. The summed E-state index contributed by atoms with van der Waals surface area (Å²) in [6.45, 7) is 1.38. The Bertz CT molecular complexity index is 676. The molecule has 0 radical (unpaired) electrons. The van der Waals surface area contributed by atoms with Gasteiger partial charge in [0.05, 0.1) is 19.3 Å². The lowest BCUT2D eigenvalue weighted by molar-refractivity contribution is 0.0601. The molecule has 0 aromatic heterocycles. The molecule has 0 aliphatic carbocycles. The van der Waals surface area contributed by atoms with Gasteiger partial charge in [0.15, 0.2) is 0 Å². The van der Waals surface area contributed by atoms with Gasteiger partial charge in [-0.1, -0.05) is 27.5 Å². The quantitative estimate of drug-likeness (QED) is 0.480. The topological polar surface area (TPSA) is 47.6 Å². The number of ether oxygens (including phenoxy) is 2. The number of hydrogen-bond acceptors (Lipinski definition) is 4. The van der Waals surface area contributed by atoms with Crippen LogP contribution in [-0.2, 0) is 4.74 Å². The minimum absolute atomic E-state index is 0.357. The highest BCUT2D eigenvalue weighted by Gasteiger charge is 2.11. The van der Waals surface area contributed by atoms with Gasteiger partial charge < -0.3 is 14.8 Å². The van der Waals surface area contributed by atoms with Crippen LogP contribution in [-0.4, -0.2) is 26.2 Å². The minimum Gasteiger partial charge on any atom is -0.494 e. The van der Waals surface area contributed by atoms with E-state index in [0.717, 1.165) is 35.3 Å². The molecule has 2 aromatic carbocycles. The summed E-state index contributed by atoms with van der Waals surface area (Å²) in [6.07, 6.45) is 1.82. The predicted molar refractivity (Wildman–Crippen MR) is 100 cm³/mol. The maximum Gasteiger partial charge on any atom is 0.340 e. The number of carbonyl (C=O) groups excluding carboxylic acids is 1. The van der Waals surface area contributed by atoms with E-state index in [1.807, 2.05) is 24.3 Å². The fourth-order valence-corrected chi connectivity index (χ4v) is 2.61. The first-order valence-electron chi connectivity index (χ1n) is 7.60. The lowest BCUT2D eigenvalue weighted by atomic mass is 10.1. The number of methoxy groups -OCH3 is 1. The van der Waals surface area contributed by atoms with Crippen molar-refractivity contribution in [2.75, 3.05) is 25.6 Å². The summed E-state index contributed by atoms with van der Waals surface area (Å²) >= 11 is 9.19. The zero-order valence-corrected chi connectivity index (χ0v) is 15.7. The molecule has 0 saturated heterocycles. The van der Waals surface area contributed by atoms with Gasteiger partial charge in [-0.2, -0.15) is 0 Å². The van der Waals surface area contributed by atoms with Crippen molar-refractivity contribution in [3.63, 3.8) is 0 Å². The van der Waals surface area contributed by atoms with Crippen molar-refractivity contribution in [1.29, 1.82) is 0 Å². The molecule has 0 heterocycles. The van der Waals surface area contributed by atoms with E-state index >= 15 is 0 Å². The average molecular weight is 413 g/mol. The summed E-state index contributed by atoms with van der Waals surface area (Å²) in [7, 11) is 1.38. The van der Waals surface area contributed by atoms with E-state index in [9.17, 15) is 4.79 Å². The molecule has 0 aliphatic heterocycles. The van der Waals surface area contributed by atoms with E-state index in [1.165, 1.54) is 7.11 Å². The zero-order valence-electron chi connectivity index (χ0n) is 13.4. The van der Waals surface area contributed by atoms with Crippen molar-refractivity contribution in [3.05, 3.63) is 57.5 Å². The molecule has 6 heteroatoms. The summed E-state index contributed by atoms with van der Waals surface area (Å²) in [5.41, 5.74) is 1.29. The van der Waals surface area contributed by atoms with E-state index in [0.29, 0.717) is 17.2 Å². The molecule has 2 rings (SSSR count). The third kappa shape index (κ3) is 5.73. The molecular weight excluding hydrogens is 394 g/mol. The van der Waals surface area contributed by atoms with Crippen LogP contribution in [0.25, 0.3) is 0 Å². The van der Waals surface area contributed by atoms with Crippen LogP contribution in [0.2, 0.25) is 5.02 Å². The Labute approximate surface area is 155 Å². The van der Waals surface area contributed by atoms with E-state index < -0.39 is 0 Å². The Hall–Kier alpha value is -1.72. The van der Waals surface area contributed by atoms with Gasteiger partial charge in [0.25, 0.3) is 0 Å². The number of unbranched alkanes of at least 4 members (excludes halogenated alkanes) is 1. The Morgan fingerprint density at radius 3 is 2.62 bits per heavy atom. The van der Waals surface area contributed by atoms with Gasteiger partial charge in [-0.25, -0.2) is 4.79 Å².